The van der Waals surface area contributed by atoms with Crippen LogP contribution in [0.5, 0.6) is 0 Å². The van der Waals surface area contributed by atoms with Crippen LogP contribution in [-0.4, -0.2) is 33.3 Å². The zero-order chi connectivity index (χ0) is 15.4. The number of aliphatic carboxylic acids is 1. The number of carbonyl (C=O) groups is 2. The van der Waals surface area contributed by atoms with Gasteiger partial charge < -0.3 is 10.4 Å². The van der Waals surface area contributed by atoms with Gasteiger partial charge in [-0.1, -0.05) is 12.1 Å². The predicted octanol–water partition coefficient (Wildman–Crippen LogP) is 1.69. The van der Waals surface area contributed by atoms with Gasteiger partial charge in [-0.15, -0.1) is 0 Å². The summed E-state index contributed by atoms with van der Waals surface area (Å²) in [6, 6.07) is 7.81. The molecular formula is C15H17N3O3. The first-order valence-electron chi connectivity index (χ1n) is 6.60. The summed E-state index contributed by atoms with van der Waals surface area (Å²) in [5.41, 5.74) is 3.15. The van der Waals surface area contributed by atoms with Crippen LogP contribution in [-0.2, 0) is 4.79 Å². The van der Waals surface area contributed by atoms with Crippen molar-refractivity contribution in [2.24, 2.45) is 0 Å². The zero-order valence-corrected chi connectivity index (χ0v) is 12.0. The molecule has 0 aliphatic rings. The van der Waals surface area contributed by atoms with Gasteiger partial charge in [-0.2, -0.15) is 5.10 Å². The van der Waals surface area contributed by atoms with E-state index in [4.69, 9.17) is 5.11 Å². The number of hydrogen-bond acceptors (Lipinski definition) is 3. The Bertz CT molecular complexity index is 677. The van der Waals surface area contributed by atoms with Gasteiger partial charge >= 0.3 is 5.97 Å². The molecule has 1 aromatic heterocycles. The molecule has 0 spiro atoms. The van der Waals surface area contributed by atoms with Crippen molar-refractivity contribution in [3.8, 4) is 5.69 Å². The monoisotopic (exact) mass is 287 g/mol. The van der Waals surface area contributed by atoms with Crippen LogP contribution in [0.2, 0.25) is 0 Å². The fourth-order valence-electron chi connectivity index (χ4n) is 2.03. The maximum absolute atomic E-state index is 12.0. The van der Waals surface area contributed by atoms with Crippen LogP contribution in [0.25, 0.3) is 5.69 Å². The van der Waals surface area contributed by atoms with Gasteiger partial charge in [0.2, 0.25) is 0 Å². The fraction of sp³-hybridized carbons (Fsp3) is 0.267. The van der Waals surface area contributed by atoms with Gasteiger partial charge in [-0.25, -0.2) is 4.68 Å². The molecule has 0 fully saturated rings. The number of amides is 1. The smallest absolute Gasteiger partial charge is 0.305 e. The lowest BCUT2D eigenvalue weighted by Crippen LogP contribution is -2.26. The molecule has 0 bridgehead atoms. The van der Waals surface area contributed by atoms with Crippen molar-refractivity contribution in [2.75, 3.05) is 6.54 Å². The maximum atomic E-state index is 12.0. The molecule has 110 valence electrons. The Balaban J connectivity index is 2.17. The number of carbonyl (C=O) groups excluding carboxylic acids is 1. The van der Waals surface area contributed by atoms with Crippen LogP contribution in [0.1, 0.15) is 28.0 Å². The Labute approximate surface area is 122 Å². The second kappa shape index (κ2) is 6.21. The topological polar surface area (TPSA) is 84.2 Å². The Morgan fingerprint density at radius 3 is 2.76 bits per heavy atom. The second-order valence-corrected chi connectivity index (χ2v) is 4.79. The zero-order valence-electron chi connectivity index (χ0n) is 12.0. The van der Waals surface area contributed by atoms with E-state index >= 15 is 0 Å². The molecule has 1 aromatic carbocycles. The highest BCUT2D eigenvalue weighted by Crippen LogP contribution is 2.15. The predicted molar refractivity (Wildman–Crippen MR) is 77.6 cm³/mol. The highest BCUT2D eigenvalue weighted by Gasteiger charge is 2.15. The summed E-state index contributed by atoms with van der Waals surface area (Å²) in [6.07, 6.45) is 1.39. The number of aryl methyl sites for hydroxylation is 1. The highest BCUT2D eigenvalue weighted by atomic mass is 16.4. The summed E-state index contributed by atoms with van der Waals surface area (Å²) in [7, 11) is 0. The van der Waals surface area contributed by atoms with Crippen LogP contribution in [0.15, 0.2) is 30.5 Å². The summed E-state index contributed by atoms with van der Waals surface area (Å²) in [6.45, 7) is 3.90. The minimum atomic E-state index is -0.942. The molecule has 6 heteroatoms. The van der Waals surface area contributed by atoms with Gasteiger partial charge in [-0.05, 0) is 31.5 Å². The van der Waals surface area contributed by atoms with Crippen LogP contribution in [0.4, 0.5) is 0 Å². The van der Waals surface area contributed by atoms with Crippen molar-refractivity contribution in [1.82, 2.24) is 15.1 Å². The van der Waals surface area contributed by atoms with Crippen LogP contribution in [0, 0.1) is 13.8 Å². The van der Waals surface area contributed by atoms with E-state index in [9.17, 15) is 9.59 Å². The number of rotatable bonds is 5. The van der Waals surface area contributed by atoms with Crippen molar-refractivity contribution >= 4 is 11.9 Å². The average molecular weight is 287 g/mol. The number of nitrogens with one attached hydrogen (secondary N) is 1. The minimum Gasteiger partial charge on any atom is -0.481 e. The first kappa shape index (κ1) is 14.8. The Kier molecular flexibility index (Phi) is 4.37. The first-order chi connectivity index (χ1) is 9.99. The van der Waals surface area contributed by atoms with Gasteiger partial charge in [0.1, 0.15) is 0 Å². The molecule has 0 saturated heterocycles. The lowest BCUT2D eigenvalue weighted by molar-refractivity contribution is -0.136. The molecule has 2 rings (SSSR count). The van der Waals surface area contributed by atoms with Crippen molar-refractivity contribution in [3.63, 3.8) is 0 Å². The summed E-state index contributed by atoms with van der Waals surface area (Å²) in [4.78, 5) is 22.4. The number of hydrogen-bond donors (Lipinski definition) is 2. The summed E-state index contributed by atoms with van der Waals surface area (Å²) < 4.78 is 1.69. The Morgan fingerprint density at radius 1 is 1.33 bits per heavy atom. The van der Waals surface area contributed by atoms with E-state index in [0.717, 1.165) is 11.3 Å². The normalized spacial score (nSPS) is 10.4. The first-order valence-corrected chi connectivity index (χ1v) is 6.60. The van der Waals surface area contributed by atoms with E-state index in [1.54, 1.807) is 11.6 Å². The van der Waals surface area contributed by atoms with Gasteiger partial charge in [0, 0.05) is 6.54 Å². The van der Waals surface area contributed by atoms with Crippen LogP contribution >= 0.6 is 0 Å². The molecule has 1 amide bonds. The molecule has 1 heterocycles. The van der Waals surface area contributed by atoms with Crippen molar-refractivity contribution < 1.29 is 14.7 Å². The molecule has 0 radical (unpaired) electrons. The molecule has 2 aromatic rings. The van der Waals surface area contributed by atoms with E-state index in [-0.39, 0.29) is 18.9 Å². The summed E-state index contributed by atoms with van der Waals surface area (Å²) in [5, 5.41) is 15.4. The maximum Gasteiger partial charge on any atom is 0.305 e. The molecular weight excluding hydrogens is 270 g/mol. The summed E-state index contributed by atoms with van der Waals surface area (Å²) in [5.74, 6) is -1.25. The molecule has 21 heavy (non-hydrogen) atoms. The highest BCUT2D eigenvalue weighted by molar-refractivity contribution is 5.95. The molecule has 6 nitrogen and oxygen atoms in total. The molecule has 0 atom stereocenters. The standard InChI is InChI=1S/C15H17N3O3/c1-10-4-3-5-12(8-10)18-11(2)13(9-17-18)15(21)16-7-6-14(19)20/h3-5,8-9H,6-7H2,1-2H3,(H,16,21)(H,19,20). The van der Waals surface area contributed by atoms with E-state index in [1.807, 2.05) is 31.2 Å². The van der Waals surface area contributed by atoms with E-state index < -0.39 is 5.97 Å². The third-order valence-electron chi connectivity index (χ3n) is 3.13. The van der Waals surface area contributed by atoms with E-state index in [1.165, 1.54) is 6.20 Å². The fourth-order valence-corrected chi connectivity index (χ4v) is 2.03. The molecule has 2 N–H and O–H groups in total. The van der Waals surface area contributed by atoms with E-state index in [2.05, 4.69) is 10.4 Å². The number of carboxylic acid groups (broad SMARTS) is 1. The number of benzene rings is 1. The Morgan fingerprint density at radius 2 is 2.10 bits per heavy atom. The van der Waals surface area contributed by atoms with Crippen molar-refractivity contribution in [2.45, 2.75) is 20.3 Å². The molecule has 0 aliphatic carbocycles. The molecule has 0 saturated carbocycles. The molecule has 0 unspecified atom stereocenters. The third kappa shape index (κ3) is 3.47. The largest absolute Gasteiger partial charge is 0.481 e. The number of nitrogens with zero attached hydrogens (tertiary/aromatic N) is 2. The lowest BCUT2D eigenvalue weighted by Gasteiger charge is -2.06. The average Bonchev–Trinajstić information content (AvgIpc) is 2.80. The van der Waals surface area contributed by atoms with E-state index in [0.29, 0.717) is 11.3 Å². The SMILES string of the molecule is Cc1cccc(-n2ncc(C(=O)NCCC(=O)O)c2C)c1. The van der Waals surface area contributed by atoms with Crippen molar-refractivity contribution in [3.05, 3.63) is 47.3 Å². The second-order valence-electron chi connectivity index (χ2n) is 4.79. The quantitative estimate of drug-likeness (QED) is 0.876. The molecule has 0 aliphatic heterocycles. The Hall–Kier alpha value is -2.63. The third-order valence-corrected chi connectivity index (χ3v) is 3.13. The lowest BCUT2D eigenvalue weighted by atomic mass is 10.2. The van der Waals surface area contributed by atoms with Gasteiger partial charge in [-0.3, -0.25) is 9.59 Å². The number of aromatic nitrogens is 2. The van der Waals surface area contributed by atoms with Gasteiger partial charge in [0.15, 0.2) is 0 Å². The van der Waals surface area contributed by atoms with Crippen molar-refractivity contribution in [1.29, 1.82) is 0 Å². The number of carboxylic acids is 1. The van der Waals surface area contributed by atoms with Gasteiger partial charge in [0.25, 0.3) is 5.91 Å². The summed E-state index contributed by atoms with van der Waals surface area (Å²) >= 11 is 0. The van der Waals surface area contributed by atoms with Gasteiger partial charge in [0.05, 0.1) is 29.6 Å². The van der Waals surface area contributed by atoms with Crippen LogP contribution in [0.3, 0.4) is 0 Å². The minimum absolute atomic E-state index is 0.100. The van der Waals surface area contributed by atoms with Crippen LogP contribution < -0.4 is 5.32 Å².